The second-order valence-corrected chi connectivity index (χ2v) is 6.17. The maximum atomic E-state index is 6.38. The SMILES string of the molecule is CC1CCC(Br)c2c3c(cc(Cl)c21)OCCO3. The molecule has 2 aliphatic rings. The van der Waals surface area contributed by atoms with Gasteiger partial charge in [-0.15, -0.1) is 0 Å². The average molecular weight is 318 g/mol. The minimum absolute atomic E-state index is 0.322. The molecule has 1 heterocycles. The summed E-state index contributed by atoms with van der Waals surface area (Å²) in [5, 5.41) is 0.806. The highest BCUT2D eigenvalue weighted by Gasteiger charge is 2.32. The molecule has 2 unspecified atom stereocenters. The predicted octanol–water partition coefficient (Wildman–Crippen LogP) is 4.44. The van der Waals surface area contributed by atoms with Crippen molar-refractivity contribution in [2.75, 3.05) is 13.2 Å². The lowest BCUT2D eigenvalue weighted by atomic mass is 9.83. The minimum atomic E-state index is 0.322. The zero-order chi connectivity index (χ0) is 12.0. The van der Waals surface area contributed by atoms with Crippen LogP contribution in [0.15, 0.2) is 6.07 Å². The van der Waals surface area contributed by atoms with E-state index in [-0.39, 0.29) is 0 Å². The van der Waals surface area contributed by atoms with Crippen LogP contribution in [0.2, 0.25) is 5.02 Å². The van der Waals surface area contributed by atoms with Crippen molar-refractivity contribution in [3.8, 4) is 11.5 Å². The summed E-state index contributed by atoms with van der Waals surface area (Å²) in [6.07, 6.45) is 2.27. The molecule has 1 aliphatic heterocycles. The Balaban J connectivity index is 2.24. The fourth-order valence-corrected chi connectivity index (χ4v) is 3.80. The molecule has 0 radical (unpaired) electrons. The van der Waals surface area contributed by atoms with Gasteiger partial charge in [-0.05, 0) is 24.3 Å². The fourth-order valence-electron chi connectivity index (χ4n) is 2.69. The van der Waals surface area contributed by atoms with Crippen LogP contribution >= 0.6 is 27.5 Å². The maximum Gasteiger partial charge on any atom is 0.166 e. The van der Waals surface area contributed by atoms with E-state index in [1.807, 2.05) is 6.07 Å². The molecule has 3 rings (SSSR count). The van der Waals surface area contributed by atoms with E-state index in [0.29, 0.717) is 24.0 Å². The van der Waals surface area contributed by atoms with Crippen LogP contribution in [0.5, 0.6) is 11.5 Å². The summed E-state index contributed by atoms with van der Waals surface area (Å²) in [7, 11) is 0. The molecule has 1 aromatic carbocycles. The molecule has 1 aliphatic carbocycles. The first kappa shape index (κ1) is 11.7. The van der Waals surface area contributed by atoms with E-state index >= 15 is 0 Å². The number of hydrogen-bond acceptors (Lipinski definition) is 2. The van der Waals surface area contributed by atoms with E-state index in [4.69, 9.17) is 21.1 Å². The van der Waals surface area contributed by atoms with Crippen molar-refractivity contribution in [1.29, 1.82) is 0 Å². The van der Waals surface area contributed by atoms with Crippen LogP contribution < -0.4 is 9.47 Å². The van der Waals surface area contributed by atoms with Crippen LogP contribution in [-0.4, -0.2) is 13.2 Å². The molecule has 0 saturated carbocycles. The van der Waals surface area contributed by atoms with E-state index < -0.39 is 0 Å². The normalized spacial score (nSPS) is 26.5. The fraction of sp³-hybridized carbons (Fsp3) is 0.538. The summed E-state index contributed by atoms with van der Waals surface area (Å²) in [5.74, 6) is 2.17. The first-order valence-electron chi connectivity index (χ1n) is 5.94. The zero-order valence-electron chi connectivity index (χ0n) is 9.63. The van der Waals surface area contributed by atoms with Gasteiger partial charge in [0.15, 0.2) is 11.5 Å². The number of hydrogen-bond donors (Lipinski definition) is 0. The Kier molecular flexibility index (Phi) is 2.99. The topological polar surface area (TPSA) is 18.5 Å². The smallest absolute Gasteiger partial charge is 0.166 e. The van der Waals surface area contributed by atoms with Gasteiger partial charge in [-0.3, -0.25) is 0 Å². The van der Waals surface area contributed by atoms with Gasteiger partial charge in [-0.1, -0.05) is 34.5 Å². The number of benzene rings is 1. The number of ether oxygens (including phenoxy) is 2. The largest absolute Gasteiger partial charge is 0.486 e. The first-order valence-corrected chi connectivity index (χ1v) is 7.23. The Morgan fingerprint density at radius 3 is 2.82 bits per heavy atom. The molecule has 1 aromatic rings. The van der Waals surface area contributed by atoms with Crippen molar-refractivity contribution in [2.45, 2.75) is 30.5 Å². The summed E-state index contributed by atoms with van der Waals surface area (Å²) in [5.41, 5.74) is 2.43. The number of rotatable bonds is 0. The summed E-state index contributed by atoms with van der Waals surface area (Å²) < 4.78 is 11.4. The Labute approximate surface area is 114 Å². The molecule has 0 spiro atoms. The van der Waals surface area contributed by atoms with Gasteiger partial charge in [0, 0.05) is 21.5 Å². The third-order valence-electron chi connectivity index (χ3n) is 3.52. The second-order valence-electron chi connectivity index (χ2n) is 4.66. The molecule has 0 bridgehead atoms. The average Bonchev–Trinajstić information content (AvgIpc) is 2.33. The van der Waals surface area contributed by atoms with Crippen molar-refractivity contribution >= 4 is 27.5 Å². The van der Waals surface area contributed by atoms with Gasteiger partial charge in [0.05, 0.1) is 0 Å². The lowest BCUT2D eigenvalue weighted by Crippen LogP contribution is -2.20. The lowest BCUT2D eigenvalue weighted by molar-refractivity contribution is 0.169. The summed E-state index contributed by atoms with van der Waals surface area (Å²) >= 11 is 10.1. The Morgan fingerprint density at radius 1 is 1.24 bits per heavy atom. The molecular formula is C13H14BrClO2. The quantitative estimate of drug-likeness (QED) is 0.658. The van der Waals surface area contributed by atoms with E-state index in [2.05, 4.69) is 22.9 Å². The molecule has 2 atom stereocenters. The Hall–Kier alpha value is -0.410. The van der Waals surface area contributed by atoms with E-state index in [1.165, 1.54) is 11.1 Å². The van der Waals surface area contributed by atoms with E-state index in [0.717, 1.165) is 29.4 Å². The third-order valence-corrected chi connectivity index (χ3v) is 4.75. The van der Waals surface area contributed by atoms with Crippen molar-refractivity contribution in [3.63, 3.8) is 0 Å². The van der Waals surface area contributed by atoms with Crippen LogP contribution in [0, 0.1) is 0 Å². The van der Waals surface area contributed by atoms with Gasteiger partial charge < -0.3 is 9.47 Å². The van der Waals surface area contributed by atoms with Crippen LogP contribution in [-0.2, 0) is 0 Å². The highest BCUT2D eigenvalue weighted by atomic mass is 79.9. The molecule has 0 saturated heterocycles. The van der Waals surface area contributed by atoms with Gasteiger partial charge in [0.2, 0.25) is 0 Å². The highest BCUT2D eigenvalue weighted by Crippen LogP contribution is 2.52. The highest BCUT2D eigenvalue weighted by molar-refractivity contribution is 9.09. The summed E-state index contributed by atoms with van der Waals surface area (Å²) in [6, 6.07) is 1.90. The maximum absolute atomic E-state index is 6.38. The molecule has 2 nitrogen and oxygen atoms in total. The standard InChI is InChI=1S/C13H14BrClO2/c1-7-2-3-8(14)12-11(7)9(15)6-10-13(12)17-5-4-16-10/h6-8H,2-5H2,1H3. The Morgan fingerprint density at radius 2 is 2.00 bits per heavy atom. The van der Waals surface area contributed by atoms with Crippen molar-refractivity contribution in [2.24, 2.45) is 0 Å². The van der Waals surface area contributed by atoms with Crippen molar-refractivity contribution < 1.29 is 9.47 Å². The summed E-state index contributed by atoms with van der Waals surface area (Å²) in [6.45, 7) is 3.44. The lowest BCUT2D eigenvalue weighted by Gasteiger charge is -2.32. The molecular weight excluding hydrogens is 303 g/mol. The third kappa shape index (κ3) is 1.84. The molecule has 92 valence electrons. The summed E-state index contributed by atoms with van der Waals surface area (Å²) in [4.78, 5) is 0.322. The van der Waals surface area contributed by atoms with Crippen molar-refractivity contribution in [3.05, 3.63) is 22.2 Å². The van der Waals surface area contributed by atoms with E-state index in [1.54, 1.807) is 0 Å². The van der Waals surface area contributed by atoms with Gasteiger partial charge in [-0.25, -0.2) is 0 Å². The number of alkyl halides is 1. The van der Waals surface area contributed by atoms with E-state index in [9.17, 15) is 0 Å². The Bertz CT molecular complexity index is 461. The monoisotopic (exact) mass is 316 g/mol. The molecule has 4 heteroatoms. The predicted molar refractivity (Wildman–Crippen MR) is 71.8 cm³/mol. The van der Waals surface area contributed by atoms with Crippen molar-refractivity contribution in [1.82, 2.24) is 0 Å². The molecule has 0 N–H and O–H groups in total. The van der Waals surface area contributed by atoms with Gasteiger partial charge >= 0.3 is 0 Å². The van der Waals surface area contributed by atoms with Gasteiger partial charge in [0.1, 0.15) is 13.2 Å². The molecule has 0 aromatic heterocycles. The van der Waals surface area contributed by atoms with Gasteiger partial charge in [0.25, 0.3) is 0 Å². The second kappa shape index (κ2) is 4.36. The molecule has 0 fully saturated rings. The van der Waals surface area contributed by atoms with Crippen LogP contribution in [0.4, 0.5) is 0 Å². The number of halogens is 2. The van der Waals surface area contributed by atoms with Crippen LogP contribution in [0.3, 0.4) is 0 Å². The number of fused-ring (bicyclic) bond motifs is 3. The molecule has 0 amide bonds. The van der Waals surface area contributed by atoms with Crippen LogP contribution in [0.1, 0.15) is 41.6 Å². The first-order chi connectivity index (χ1) is 8.18. The van der Waals surface area contributed by atoms with Gasteiger partial charge in [-0.2, -0.15) is 0 Å². The van der Waals surface area contributed by atoms with Crippen LogP contribution in [0.25, 0.3) is 0 Å². The zero-order valence-corrected chi connectivity index (χ0v) is 12.0. The molecule has 17 heavy (non-hydrogen) atoms. The minimum Gasteiger partial charge on any atom is -0.486 e.